The number of aromatic nitrogens is 7. The van der Waals surface area contributed by atoms with Crippen molar-refractivity contribution >= 4 is 16.8 Å². The Kier molecular flexibility index (Phi) is 2.87. The molecular weight excluding hydrogens is 325 g/mol. The maximum Gasteiger partial charge on any atom is 0.205 e. The fraction of sp³-hybridized carbons (Fsp3) is 0.0625. The van der Waals surface area contributed by atoms with Crippen LogP contribution in [0.1, 0.15) is 5.56 Å². The number of benzene rings is 1. The average Bonchev–Trinajstić information content (AvgIpc) is 3.34. The van der Waals surface area contributed by atoms with Crippen molar-refractivity contribution in [2.75, 3.05) is 0 Å². The van der Waals surface area contributed by atoms with Gasteiger partial charge in [-0.3, -0.25) is 4.40 Å². The van der Waals surface area contributed by atoms with Crippen molar-refractivity contribution in [2.24, 2.45) is 0 Å². The largest absolute Gasteiger partial charge is 0.461 e. The Morgan fingerprint density at radius 2 is 1.92 bits per heavy atom. The minimum atomic E-state index is -0.296. The fourth-order valence-electron chi connectivity index (χ4n) is 2.72. The zero-order chi connectivity index (χ0) is 16.8. The molecule has 5 aromatic rings. The molecule has 0 unspecified atom stereocenters. The highest BCUT2D eigenvalue weighted by molar-refractivity contribution is 5.85. The molecule has 25 heavy (non-hydrogen) atoms. The number of hydrogen-bond donors (Lipinski definition) is 0. The minimum absolute atomic E-state index is 0.228. The number of rotatable bonds is 3. The summed E-state index contributed by atoms with van der Waals surface area (Å²) in [7, 11) is 0. The van der Waals surface area contributed by atoms with Crippen LogP contribution < -0.4 is 0 Å². The average molecular weight is 335 g/mol. The van der Waals surface area contributed by atoms with Crippen molar-refractivity contribution in [2.45, 2.75) is 6.54 Å². The maximum atomic E-state index is 13.9. The van der Waals surface area contributed by atoms with Crippen LogP contribution in [0.2, 0.25) is 0 Å². The Bertz CT molecular complexity index is 1190. The molecule has 0 radical (unpaired) electrons. The molecular formula is C16H10FN7O. The van der Waals surface area contributed by atoms with Crippen LogP contribution in [-0.2, 0) is 6.54 Å². The molecule has 0 aliphatic carbocycles. The van der Waals surface area contributed by atoms with E-state index < -0.39 is 0 Å². The molecule has 8 nitrogen and oxygen atoms in total. The highest BCUT2D eigenvalue weighted by atomic mass is 19.1. The van der Waals surface area contributed by atoms with Gasteiger partial charge in [0.25, 0.3) is 0 Å². The summed E-state index contributed by atoms with van der Waals surface area (Å²) in [6.45, 7) is 0.228. The SMILES string of the molecule is Fc1ccccc1Cn1nnc2c1ncn1c(-c3ccco3)nnc21. The Morgan fingerprint density at radius 3 is 2.76 bits per heavy atom. The van der Waals surface area contributed by atoms with Gasteiger partial charge in [0, 0.05) is 5.56 Å². The standard InChI is InChI=1S/C16H10FN7O/c17-11-5-2-1-4-10(11)8-24-15-13(19-22-24)16-21-20-14(23(16)9-18-15)12-6-3-7-25-12/h1-7,9H,8H2. The van der Waals surface area contributed by atoms with Gasteiger partial charge in [-0.15, -0.1) is 15.3 Å². The molecule has 0 N–H and O–H groups in total. The summed E-state index contributed by atoms with van der Waals surface area (Å²) < 4.78 is 22.5. The van der Waals surface area contributed by atoms with Crippen molar-refractivity contribution in [1.82, 2.24) is 34.6 Å². The highest BCUT2D eigenvalue weighted by Crippen LogP contribution is 2.22. The van der Waals surface area contributed by atoms with Gasteiger partial charge in [0.15, 0.2) is 22.6 Å². The Hall–Kier alpha value is -3.62. The van der Waals surface area contributed by atoms with Crippen LogP contribution in [-0.4, -0.2) is 34.6 Å². The van der Waals surface area contributed by atoms with Crippen molar-refractivity contribution < 1.29 is 8.81 Å². The van der Waals surface area contributed by atoms with E-state index in [0.29, 0.717) is 34.0 Å². The van der Waals surface area contributed by atoms with E-state index in [1.165, 1.54) is 10.7 Å². The van der Waals surface area contributed by atoms with E-state index in [1.807, 2.05) is 0 Å². The molecule has 0 fully saturated rings. The van der Waals surface area contributed by atoms with E-state index in [4.69, 9.17) is 4.42 Å². The van der Waals surface area contributed by atoms with E-state index >= 15 is 0 Å². The van der Waals surface area contributed by atoms with E-state index in [-0.39, 0.29) is 12.4 Å². The van der Waals surface area contributed by atoms with Gasteiger partial charge in [-0.05, 0) is 18.2 Å². The molecule has 5 rings (SSSR count). The van der Waals surface area contributed by atoms with Gasteiger partial charge < -0.3 is 4.42 Å². The zero-order valence-electron chi connectivity index (χ0n) is 12.7. The van der Waals surface area contributed by atoms with Crippen LogP contribution in [0.4, 0.5) is 4.39 Å². The first-order valence-corrected chi connectivity index (χ1v) is 7.51. The van der Waals surface area contributed by atoms with E-state index in [2.05, 4.69) is 25.5 Å². The van der Waals surface area contributed by atoms with Crippen molar-refractivity contribution in [3.05, 3.63) is 60.4 Å². The second kappa shape index (κ2) is 5.20. The highest BCUT2D eigenvalue weighted by Gasteiger charge is 2.17. The van der Waals surface area contributed by atoms with Gasteiger partial charge in [0.2, 0.25) is 5.82 Å². The molecule has 0 spiro atoms. The van der Waals surface area contributed by atoms with E-state index in [9.17, 15) is 4.39 Å². The first-order valence-electron chi connectivity index (χ1n) is 7.51. The van der Waals surface area contributed by atoms with Crippen molar-refractivity contribution in [3.8, 4) is 11.6 Å². The summed E-state index contributed by atoms with van der Waals surface area (Å²) in [5, 5.41) is 16.5. The molecule has 0 amide bonds. The molecule has 4 aromatic heterocycles. The van der Waals surface area contributed by atoms with Gasteiger partial charge in [0.1, 0.15) is 12.1 Å². The Morgan fingerprint density at radius 1 is 1.00 bits per heavy atom. The molecule has 122 valence electrons. The van der Waals surface area contributed by atoms with Crippen LogP contribution in [0, 0.1) is 5.82 Å². The minimum Gasteiger partial charge on any atom is -0.461 e. The lowest BCUT2D eigenvalue weighted by Crippen LogP contribution is -2.05. The molecule has 0 saturated heterocycles. The number of furan rings is 1. The van der Waals surface area contributed by atoms with Gasteiger partial charge in [-0.25, -0.2) is 14.1 Å². The first kappa shape index (κ1) is 13.8. The molecule has 0 saturated carbocycles. The Balaban J connectivity index is 1.64. The smallest absolute Gasteiger partial charge is 0.205 e. The summed E-state index contributed by atoms with van der Waals surface area (Å²) >= 11 is 0. The zero-order valence-corrected chi connectivity index (χ0v) is 12.7. The van der Waals surface area contributed by atoms with Gasteiger partial charge in [0.05, 0.1) is 12.8 Å². The lowest BCUT2D eigenvalue weighted by atomic mass is 10.2. The van der Waals surface area contributed by atoms with Crippen LogP contribution in [0.15, 0.2) is 53.4 Å². The summed E-state index contributed by atoms with van der Waals surface area (Å²) in [5.41, 5.74) is 2.02. The van der Waals surface area contributed by atoms with Crippen molar-refractivity contribution in [1.29, 1.82) is 0 Å². The fourth-order valence-corrected chi connectivity index (χ4v) is 2.72. The van der Waals surface area contributed by atoms with Crippen molar-refractivity contribution in [3.63, 3.8) is 0 Å². The third-order valence-electron chi connectivity index (χ3n) is 3.93. The second-order valence-electron chi connectivity index (χ2n) is 5.45. The van der Waals surface area contributed by atoms with E-state index in [0.717, 1.165) is 0 Å². The molecule has 0 aliphatic heterocycles. The summed E-state index contributed by atoms with van der Waals surface area (Å²) in [6, 6.07) is 10.1. The number of fused-ring (bicyclic) bond motifs is 3. The monoisotopic (exact) mass is 335 g/mol. The maximum absolute atomic E-state index is 13.9. The number of hydrogen-bond acceptors (Lipinski definition) is 6. The second-order valence-corrected chi connectivity index (χ2v) is 5.45. The first-order chi connectivity index (χ1) is 12.3. The Labute approximate surface area is 139 Å². The van der Waals surface area contributed by atoms with Crippen LogP contribution in [0.5, 0.6) is 0 Å². The lowest BCUT2D eigenvalue weighted by Gasteiger charge is -2.03. The molecule has 0 aliphatic rings. The summed E-state index contributed by atoms with van der Waals surface area (Å²) in [5.74, 6) is 0.806. The molecule has 1 aromatic carbocycles. The van der Waals surface area contributed by atoms with Crippen LogP contribution in [0.3, 0.4) is 0 Å². The van der Waals surface area contributed by atoms with Gasteiger partial charge in [-0.2, -0.15) is 0 Å². The quantitative estimate of drug-likeness (QED) is 0.503. The molecule has 0 bridgehead atoms. The van der Waals surface area contributed by atoms with Crippen LogP contribution in [0.25, 0.3) is 28.4 Å². The third-order valence-corrected chi connectivity index (χ3v) is 3.93. The predicted molar refractivity (Wildman–Crippen MR) is 85.1 cm³/mol. The predicted octanol–water partition coefficient (Wildman–Crippen LogP) is 2.32. The van der Waals surface area contributed by atoms with E-state index in [1.54, 1.807) is 47.3 Å². The topological polar surface area (TPSA) is 86.9 Å². The van der Waals surface area contributed by atoms with Crippen LogP contribution >= 0.6 is 0 Å². The molecule has 9 heteroatoms. The van der Waals surface area contributed by atoms with Gasteiger partial charge in [-0.1, -0.05) is 23.4 Å². The summed E-state index contributed by atoms with van der Waals surface area (Å²) in [4.78, 5) is 4.39. The molecule has 4 heterocycles. The third kappa shape index (κ3) is 2.09. The lowest BCUT2D eigenvalue weighted by molar-refractivity contribution is 0.576. The number of halogens is 1. The summed E-state index contributed by atoms with van der Waals surface area (Å²) in [6.07, 6.45) is 3.14. The van der Waals surface area contributed by atoms with Gasteiger partial charge >= 0.3 is 0 Å². The molecule has 0 atom stereocenters. The number of nitrogens with zero attached hydrogens (tertiary/aromatic N) is 7. The normalized spacial score (nSPS) is 11.6.